The van der Waals surface area contributed by atoms with E-state index in [4.69, 9.17) is 10.5 Å². The van der Waals surface area contributed by atoms with Crippen LogP contribution in [-0.2, 0) is 11.3 Å². The number of benzene rings is 1. The second-order valence-corrected chi connectivity index (χ2v) is 5.71. The smallest absolute Gasteiger partial charge is 0.410 e. The number of likely N-dealkylation sites (tertiary alicyclic amines) is 1. The molecule has 1 atom stereocenters. The van der Waals surface area contributed by atoms with Crippen molar-refractivity contribution >= 4 is 6.09 Å². The Kier molecular flexibility index (Phi) is 6.68. The van der Waals surface area contributed by atoms with Gasteiger partial charge in [-0.15, -0.1) is 0 Å². The highest BCUT2D eigenvalue weighted by molar-refractivity contribution is 5.68. The molecule has 0 bridgehead atoms. The minimum atomic E-state index is -0.217. The number of amides is 1. The van der Waals surface area contributed by atoms with E-state index in [-0.39, 0.29) is 12.1 Å². The first-order valence-corrected chi connectivity index (χ1v) is 8.14. The van der Waals surface area contributed by atoms with Crippen molar-refractivity contribution in [3.8, 4) is 0 Å². The fourth-order valence-electron chi connectivity index (χ4n) is 3.01. The minimum Gasteiger partial charge on any atom is -0.445 e. The quantitative estimate of drug-likeness (QED) is 0.874. The molecule has 1 aliphatic rings. The Morgan fingerprint density at radius 2 is 2.18 bits per heavy atom. The number of rotatable bonds is 6. The van der Waals surface area contributed by atoms with Gasteiger partial charge in [-0.25, -0.2) is 4.79 Å². The van der Waals surface area contributed by atoms with Gasteiger partial charge in [0, 0.05) is 32.2 Å². The third kappa shape index (κ3) is 4.71. The first-order valence-electron chi connectivity index (χ1n) is 8.14. The lowest BCUT2D eigenvalue weighted by Gasteiger charge is -2.38. The zero-order valence-corrected chi connectivity index (χ0v) is 13.4. The molecule has 1 saturated heterocycles. The van der Waals surface area contributed by atoms with Crippen LogP contribution in [0.5, 0.6) is 0 Å². The second-order valence-electron chi connectivity index (χ2n) is 5.71. The molecule has 0 unspecified atom stereocenters. The van der Waals surface area contributed by atoms with Crippen LogP contribution < -0.4 is 5.73 Å². The van der Waals surface area contributed by atoms with Crippen LogP contribution in [0.4, 0.5) is 4.79 Å². The van der Waals surface area contributed by atoms with Gasteiger partial charge in [-0.05, 0) is 31.9 Å². The molecule has 1 heterocycles. The average molecular weight is 305 g/mol. The SMILES string of the molecule is CCN(C(=O)OCc1ccccc1)[C@H]1CCCN(CCN)C1. The van der Waals surface area contributed by atoms with Crippen molar-refractivity contribution in [1.29, 1.82) is 0 Å². The molecule has 22 heavy (non-hydrogen) atoms. The van der Waals surface area contributed by atoms with Crippen LogP contribution in [0.2, 0.25) is 0 Å². The van der Waals surface area contributed by atoms with E-state index in [0.29, 0.717) is 19.7 Å². The number of carbonyl (C=O) groups is 1. The summed E-state index contributed by atoms with van der Waals surface area (Å²) in [5, 5.41) is 0. The summed E-state index contributed by atoms with van der Waals surface area (Å²) in [6.45, 7) is 6.54. The molecule has 5 heteroatoms. The maximum absolute atomic E-state index is 12.4. The molecule has 1 aromatic carbocycles. The number of nitrogens with zero attached hydrogens (tertiary/aromatic N) is 2. The van der Waals surface area contributed by atoms with Gasteiger partial charge in [0.1, 0.15) is 6.61 Å². The molecule has 2 rings (SSSR count). The van der Waals surface area contributed by atoms with E-state index in [2.05, 4.69) is 4.90 Å². The summed E-state index contributed by atoms with van der Waals surface area (Å²) in [5.74, 6) is 0. The number of nitrogens with two attached hydrogens (primary N) is 1. The van der Waals surface area contributed by atoms with Crippen LogP contribution in [-0.4, -0.2) is 54.7 Å². The molecule has 1 amide bonds. The predicted octanol–water partition coefficient (Wildman–Crippen LogP) is 2.07. The monoisotopic (exact) mass is 305 g/mol. The van der Waals surface area contributed by atoms with Gasteiger partial charge in [0.15, 0.2) is 0 Å². The average Bonchev–Trinajstić information content (AvgIpc) is 2.55. The van der Waals surface area contributed by atoms with E-state index in [9.17, 15) is 4.79 Å². The third-order valence-corrected chi connectivity index (χ3v) is 4.15. The van der Waals surface area contributed by atoms with Gasteiger partial charge in [-0.1, -0.05) is 30.3 Å². The lowest BCUT2D eigenvalue weighted by Crippen LogP contribution is -2.51. The molecule has 2 N–H and O–H groups in total. The molecule has 1 fully saturated rings. The summed E-state index contributed by atoms with van der Waals surface area (Å²) in [5.41, 5.74) is 6.65. The van der Waals surface area contributed by atoms with Crippen molar-refractivity contribution in [3.05, 3.63) is 35.9 Å². The maximum Gasteiger partial charge on any atom is 0.410 e. The summed E-state index contributed by atoms with van der Waals surface area (Å²) in [6.07, 6.45) is 1.92. The van der Waals surface area contributed by atoms with E-state index in [0.717, 1.165) is 38.0 Å². The van der Waals surface area contributed by atoms with Crippen molar-refractivity contribution < 1.29 is 9.53 Å². The lowest BCUT2D eigenvalue weighted by atomic mass is 10.0. The summed E-state index contributed by atoms with van der Waals surface area (Å²) in [4.78, 5) is 16.6. The first-order chi connectivity index (χ1) is 10.7. The van der Waals surface area contributed by atoms with Gasteiger partial charge in [-0.2, -0.15) is 0 Å². The number of likely N-dealkylation sites (N-methyl/N-ethyl adjacent to an activating group) is 1. The maximum atomic E-state index is 12.4. The van der Waals surface area contributed by atoms with E-state index >= 15 is 0 Å². The van der Waals surface area contributed by atoms with Crippen LogP contribution >= 0.6 is 0 Å². The topological polar surface area (TPSA) is 58.8 Å². The molecule has 122 valence electrons. The molecule has 0 aromatic heterocycles. The zero-order valence-electron chi connectivity index (χ0n) is 13.4. The number of hydrogen-bond donors (Lipinski definition) is 1. The van der Waals surface area contributed by atoms with E-state index in [1.807, 2.05) is 42.2 Å². The summed E-state index contributed by atoms with van der Waals surface area (Å²) in [6, 6.07) is 10.0. The Morgan fingerprint density at radius 1 is 1.41 bits per heavy atom. The molecule has 0 radical (unpaired) electrons. The predicted molar refractivity (Wildman–Crippen MR) is 87.5 cm³/mol. The van der Waals surface area contributed by atoms with Gasteiger partial charge in [0.25, 0.3) is 0 Å². The van der Waals surface area contributed by atoms with Gasteiger partial charge in [0.05, 0.1) is 0 Å². The Hall–Kier alpha value is -1.59. The Balaban J connectivity index is 1.88. The fourth-order valence-corrected chi connectivity index (χ4v) is 3.01. The fraction of sp³-hybridized carbons (Fsp3) is 0.588. The molecular weight excluding hydrogens is 278 g/mol. The van der Waals surface area contributed by atoms with Crippen LogP contribution in [0.15, 0.2) is 30.3 Å². The molecule has 1 aromatic rings. The number of piperidine rings is 1. The zero-order chi connectivity index (χ0) is 15.8. The van der Waals surface area contributed by atoms with Crippen molar-refractivity contribution in [2.75, 3.05) is 32.7 Å². The van der Waals surface area contributed by atoms with Crippen molar-refractivity contribution in [3.63, 3.8) is 0 Å². The molecule has 0 spiro atoms. The van der Waals surface area contributed by atoms with Gasteiger partial charge in [0.2, 0.25) is 0 Å². The molecule has 1 aliphatic heterocycles. The molecule has 0 saturated carbocycles. The highest BCUT2D eigenvalue weighted by atomic mass is 16.6. The number of carbonyl (C=O) groups excluding carboxylic acids is 1. The standard InChI is InChI=1S/C17H27N3O2/c1-2-20(16-9-6-11-19(13-16)12-10-18)17(21)22-14-15-7-4-3-5-8-15/h3-5,7-8,16H,2,6,9-14,18H2,1H3/t16-/m0/s1. The third-order valence-electron chi connectivity index (χ3n) is 4.15. The second kappa shape index (κ2) is 8.76. The Morgan fingerprint density at radius 3 is 2.86 bits per heavy atom. The molecule has 0 aliphatic carbocycles. The largest absolute Gasteiger partial charge is 0.445 e. The van der Waals surface area contributed by atoms with E-state index in [1.54, 1.807) is 0 Å². The van der Waals surface area contributed by atoms with E-state index in [1.165, 1.54) is 0 Å². The van der Waals surface area contributed by atoms with Crippen LogP contribution in [0.3, 0.4) is 0 Å². The highest BCUT2D eigenvalue weighted by Gasteiger charge is 2.28. The first kappa shape index (κ1) is 16.8. The summed E-state index contributed by atoms with van der Waals surface area (Å²) in [7, 11) is 0. The van der Waals surface area contributed by atoms with Gasteiger partial charge >= 0.3 is 6.09 Å². The minimum absolute atomic E-state index is 0.217. The van der Waals surface area contributed by atoms with Crippen LogP contribution in [0, 0.1) is 0 Å². The number of ether oxygens (including phenoxy) is 1. The van der Waals surface area contributed by atoms with Crippen molar-refractivity contribution in [2.24, 2.45) is 5.73 Å². The summed E-state index contributed by atoms with van der Waals surface area (Å²) >= 11 is 0. The lowest BCUT2D eigenvalue weighted by molar-refractivity contribution is 0.0592. The number of hydrogen-bond acceptors (Lipinski definition) is 4. The van der Waals surface area contributed by atoms with Crippen LogP contribution in [0.25, 0.3) is 0 Å². The van der Waals surface area contributed by atoms with E-state index < -0.39 is 0 Å². The molecule has 5 nitrogen and oxygen atoms in total. The van der Waals surface area contributed by atoms with Crippen molar-refractivity contribution in [1.82, 2.24) is 9.80 Å². The van der Waals surface area contributed by atoms with Crippen molar-refractivity contribution in [2.45, 2.75) is 32.4 Å². The normalized spacial score (nSPS) is 18.9. The van der Waals surface area contributed by atoms with Crippen LogP contribution in [0.1, 0.15) is 25.3 Å². The molecular formula is C17H27N3O2. The Labute approximate surface area is 133 Å². The Bertz CT molecular complexity index is 450. The highest BCUT2D eigenvalue weighted by Crippen LogP contribution is 2.17. The summed E-state index contributed by atoms with van der Waals surface area (Å²) < 4.78 is 5.47. The van der Waals surface area contributed by atoms with Gasteiger partial charge < -0.3 is 20.3 Å². The van der Waals surface area contributed by atoms with Gasteiger partial charge in [-0.3, -0.25) is 0 Å².